The maximum atomic E-state index is 3.06. The molecule has 0 unspecified atom stereocenters. The summed E-state index contributed by atoms with van der Waals surface area (Å²) in [5.41, 5.74) is 13.8. The van der Waals surface area contributed by atoms with E-state index < -0.39 is 0 Å². The van der Waals surface area contributed by atoms with Gasteiger partial charge in [-0.15, -0.1) is 44.8 Å². The van der Waals surface area contributed by atoms with Crippen molar-refractivity contribution in [2.75, 3.05) is 0 Å². The molecule has 388 valence electrons. The monoisotopic (exact) mass is 1100 g/mol. The predicted octanol–water partition coefficient (Wildman–Crippen LogP) is 21.9. The molecule has 0 spiro atoms. The topological polar surface area (TPSA) is 0 Å². The van der Waals surface area contributed by atoms with Gasteiger partial charge in [-0.25, -0.2) is 0 Å². The predicted molar refractivity (Wildman–Crippen MR) is 339 cm³/mol. The van der Waals surface area contributed by atoms with Gasteiger partial charge in [0.15, 0.2) is 0 Å². The van der Waals surface area contributed by atoms with Crippen LogP contribution in [0.3, 0.4) is 0 Å². The minimum atomic E-state index is 0. The molecule has 2 saturated carbocycles. The fourth-order valence-electron chi connectivity index (χ4n) is 13.5. The quantitative estimate of drug-likeness (QED) is 0.0808. The largest absolute Gasteiger partial charge is 0.164 e. The van der Waals surface area contributed by atoms with E-state index in [9.17, 15) is 0 Å². The zero-order valence-corrected chi connectivity index (χ0v) is 49.3. The molecule has 0 atom stereocenters. The van der Waals surface area contributed by atoms with Crippen LogP contribution in [-0.4, -0.2) is 6.88 Å². The Labute approximate surface area is 481 Å². The summed E-state index contributed by atoms with van der Waals surface area (Å²) in [6.07, 6.45) is 19.2. The maximum Gasteiger partial charge on any atom is -0.0114 e. The molecule has 0 aromatic heterocycles. The zero-order chi connectivity index (χ0) is 51.2. The van der Waals surface area contributed by atoms with Crippen LogP contribution in [0.1, 0.15) is 88.2 Å². The van der Waals surface area contributed by atoms with E-state index in [1.165, 1.54) is 233 Å². The molecule has 12 aromatic carbocycles. The number of hydrogen-bond acceptors (Lipinski definition) is 0. The van der Waals surface area contributed by atoms with Crippen LogP contribution in [0.2, 0.25) is 0 Å². The number of fused-ring (bicyclic) bond motifs is 6. The molecule has 2 aliphatic rings. The maximum absolute atomic E-state index is 3.06. The Morgan fingerprint density at radius 2 is 0.551 bits per heavy atom. The van der Waals surface area contributed by atoms with Gasteiger partial charge in [0, 0.05) is 0 Å². The fraction of sp³-hybridized carbons (Fsp3) is 0.211. The van der Waals surface area contributed by atoms with Crippen LogP contribution in [0.5, 0.6) is 0 Å². The molecule has 0 heterocycles. The number of benzene rings is 10. The molecule has 0 bridgehead atoms. The van der Waals surface area contributed by atoms with Crippen LogP contribution in [0.4, 0.5) is 0 Å². The van der Waals surface area contributed by atoms with E-state index in [1.807, 2.05) is 0 Å². The Bertz CT molecular complexity index is 3450. The van der Waals surface area contributed by atoms with Crippen molar-refractivity contribution in [2.45, 2.75) is 89.9 Å². The van der Waals surface area contributed by atoms with E-state index >= 15 is 0 Å². The Balaban J connectivity index is 0.000000167. The molecule has 0 N–H and O–H groups in total. The van der Waals surface area contributed by atoms with Crippen LogP contribution in [0, 0.1) is 26.7 Å². The van der Waals surface area contributed by atoms with Crippen LogP contribution >= 0.6 is 0 Å². The third kappa shape index (κ3) is 11.4. The van der Waals surface area contributed by atoms with Crippen molar-refractivity contribution in [2.24, 2.45) is 11.8 Å². The smallest absolute Gasteiger partial charge is 0.0114 e. The first kappa shape index (κ1) is 54.9. The van der Waals surface area contributed by atoms with Gasteiger partial charge >= 0.3 is 30.2 Å². The van der Waals surface area contributed by atoms with Gasteiger partial charge in [0.05, 0.1) is 0 Å². The first-order valence-electron chi connectivity index (χ1n) is 28.3. The minimum absolute atomic E-state index is 0. The van der Waals surface area contributed by atoms with Gasteiger partial charge in [0.1, 0.15) is 0 Å². The number of rotatable bonds is 8. The van der Waals surface area contributed by atoms with Crippen molar-refractivity contribution in [3.63, 3.8) is 0 Å². The van der Waals surface area contributed by atoms with Crippen molar-refractivity contribution in [3.8, 4) is 44.5 Å². The van der Waals surface area contributed by atoms with Gasteiger partial charge in [0.25, 0.3) is 0 Å². The van der Waals surface area contributed by atoms with Crippen LogP contribution < -0.4 is 0 Å². The Morgan fingerprint density at radius 3 is 0.872 bits per heavy atom. The van der Waals surface area contributed by atoms with Gasteiger partial charge in [0.2, 0.25) is 0 Å². The summed E-state index contributed by atoms with van der Waals surface area (Å²) in [7, 11) is 0. The van der Waals surface area contributed by atoms with Gasteiger partial charge in [-0.05, 0) is 78.9 Å². The van der Waals surface area contributed by atoms with E-state index in [-0.39, 0.29) is 14.9 Å². The summed E-state index contributed by atoms with van der Waals surface area (Å²) in [6, 6.07) is 81.7. The first-order valence-corrected chi connectivity index (χ1v) is 32.5. The molecular formula is C76H72SiZr-4. The molecule has 78 heavy (non-hydrogen) atoms. The van der Waals surface area contributed by atoms with Crippen molar-refractivity contribution in [1.29, 1.82) is 0 Å². The Morgan fingerprint density at radius 1 is 0.295 bits per heavy atom. The number of hydrogen-bond donors (Lipinski definition) is 0. The third-order valence-corrected chi connectivity index (χ3v) is 17.2. The van der Waals surface area contributed by atoms with Gasteiger partial charge < -0.3 is 14.9 Å². The van der Waals surface area contributed by atoms with Crippen LogP contribution in [0.25, 0.3) is 109 Å². The SMILES string of the molecule is [CH3-].[CH3-].[Si]=[Zr].c1ccc2c(-c3ccc(-c4cccc5ccccc45)c4[cH-]c(CC5CCCCCC5)cc34)cccc2c1.c1ccc2c(-c3ccc(-c4cccc5ccccc45)c4[cH-]c(CC5CCCCCC5)cc34)cccc2c1. The van der Waals surface area contributed by atoms with Crippen LogP contribution in [0.15, 0.2) is 218 Å². The first-order chi connectivity index (χ1) is 37.7. The van der Waals surface area contributed by atoms with Crippen molar-refractivity contribution in [1.82, 2.24) is 0 Å². The van der Waals surface area contributed by atoms with Crippen LogP contribution in [-0.2, 0) is 36.2 Å². The minimum Gasteiger partial charge on any atom is -0.164 e. The molecule has 2 radical (unpaired) electrons. The molecule has 0 amide bonds. The molecule has 12 aromatic rings. The summed E-state index contributed by atoms with van der Waals surface area (Å²) in [4.78, 5) is 0. The molecule has 14 rings (SSSR count). The standard InChI is InChI=1S/2C37H33.2CH3.Si.Zr/c2*1-2-4-12-26(11-3-1)23-27-24-36-34(32-19-9-15-28-13-5-7-17-30(28)32)21-22-35(37(36)25-27)33-20-10-16-29-14-6-8-18-31(29)33;;;;/h2*5-10,13-22,24-26H,1-4,11-12,23H2;2*1H3;;/q4*-1;;. The summed E-state index contributed by atoms with van der Waals surface area (Å²) < 4.78 is 0. The zero-order valence-electron chi connectivity index (χ0n) is 45.8. The van der Waals surface area contributed by atoms with Crippen molar-refractivity contribution >= 4 is 71.5 Å². The average Bonchev–Trinajstić information content (AvgIpc) is 3.89. The summed E-state index contributed by atoms with van der Waals surface area (Å²) in [5, 5.41) is 16.1. The summed E-state index contributed by atoms with van der Waals surface area (Å²) in [6.45, 7) is 3.06. The molecule has 2 heteroatoms. The molecule has 2 aliphatic carbocycles. The summed E-state index contributed by atoms with van der Waals surface area (Å²) in [5.74, 6) is 1.64. The van der Waals surface area contributed by atoms with Gasteiger partial charge in [-0.3, -0.25) is 0 Å². The van der Waals surface area contributed by atoms with E-state index in [0.717, 1.165) is 11.8 Å². The van der Waals surface area contributed by atoms with E-state index in [2.05, 4.69) is 225 Å². The second kappa shape index (κ2) is 25.6. The summed E-state index contributed by atoms with van der Waals surface area (Å²) >= 11 is 1.36. The van der Waals surface area contributed by atoms with E-state index in [1.54, 1.807) is 0 Å². The van der Waals surface area contributed by atoms with Crippen molar-refractivity contribution in [3.05, 3.63) is 244 Å². The Kier molecular flexibility index (Phi) is 18.0. The van der Waals surface area contributed by atoms with Gasteiger partial charge in [-0.2, -0.15) is 12.1 Å². The Hall–Kier alpha value is -6.44. The molecule has 0 nitrogen and oxygen atoms in total. The van der Waals surface area contributed by atoms with Gasteiger partial charge in [-0.1, -0.05) is 305 Å². The molecule has 2 fully saturated rings. The molecule has 0 saturated heterocycles. The van der Waals surface area contributed by atoms with E-state index in [0.29, 0.717) is 0 Å². The molecular weight excluding hydrogens is 1030 g/mol. The average molecular weight is 1100 g/mol. The fourth-order valence-corrected chi connectivity index (χ4v) is 13.5. The normalized spacial score (nSPS) is 14.2. The second-order valence-electron chi connectivity index (χ2n) is 21.9. The second-order valence-corrected chi connectivity index (χ2v) is 21.9. The van der Waals surface area contributed by atoms with E-state index in [4.69, 9.17) is 0 Å². The molecule has 0 aliphatic heterocycles. The third-order valence-electron chi connectivity index (χ3n) is 17.2. The van der Waals surface area contributed by atoms with Crippen molar-refractivity contribution < 1.29 is 23.3 Å².